The predicted molar refractivity (Wildman–Crippen MR) is 134 cm³/mol. The maximum atomic E-state index is 12.8. The van der Waals surface area contributed by atoms with Gasteiger partial charge in [0.2, 0.25) is 0 Å². The second-order valence-electron chi connectivity index (χ2n) is 8.72. The highest BCUT2D eigenvalue weighted by Crippen LogP contribution is 2.39. The lowest BCUT2D eigenvalue weighted by atomic mass is 10.1. The van der Waals surface area contributed by atoms with Crippen LogP contribution in [-0.4, -0.2) is 63.0 Å². The van der Waals surface area contributed by atoms with Crippen molar-refractivity contribution < 1.29 is 9.53 Å². The van der Waals surface area contributed by atoms with Crippen molar-refractivity contribution in [3.8, 4) is 16.9 Å². The van der Waals surface area contributed by atoms with Crippen molar-refractivity contribution >= 4 is 17.4 Å². The van der Waals surface area contributed by atoms with Gasteiger partial charge in [-0.1, -0.05) is 12.1 Å². The molecule has 0 saturated heterocycles. The number of fused-ring (bicyclic) bond motifs is 1. The molecule has 1 amide bonds. The van der Waals surface area contributed by atoms with Crippen LogP contribution in [0.5, 0.6) is 5.75 Å². The molecule has 0 aliphatic carbocycles. The number of H-pyrrole nitrogens is 1. The average Bonchev–Trinajstić information content (AvgIpc) is 3.63. The summed E-state index contributed by atoms with van der Waals surface area (Å²) in [6.07, 6.45) is 9.70. The van der Waals surface area contributed by atoms with E-state index < -0.39 is 0 Å². The lowest BCUT2D eigenvalue weighted by Crippen LogP contribution is -2.18. The predicted octanol–water partition coefficient (Wildman–Crippen LogP) is 3.03. The quantitative estimate of drug-likeness (QED) is 0.343. The maximum absolute atomic E-state index is 12.8. The zero-order chi connectivity index (χ0) is 24.2. The number of hydrogen-bond donors (Lipinski definition) is 3. The van der Waals surface area contributed by atoms with Crippen LogP contribution in [0.1, 0.15) is 21.5 Å². The van der Waals surface area contributed by atoms with Gasteiger partial charge >= 0.3 is 0 Å². The first-order chi connectivity index (χ1) is 17.1. The van der Waals surface area contributed by atoms with Gasteiger partial charge in [-0.15, -0.1) is 0 Å². The van der Waals surface area contributed by atoms with Crippen LogP contribution in [0.25, 0.3) is 11.1 Å². The summed E-state index contributed by atoms with van der Waals surface area (Å²) in [5.74, 6) is 1.48. The lowest BCUT2D eigenvalue weighted by Gasteiger charge is -2.12. The number of carbonyl (C=O) groups excluding carboxylic acids is 1. The highest BCUT2D eigenvalue weighted by Gasteiger charge is 2.22. The molecule has 1 aromatic carbocycles. The standard InChI is InChI=1S/C25H28N8O2/c1-32(2)7-8-33-16-20(14-30-33)31-25(34)18-5-3-4-17(10-18)11-26-24-21-6-9-35-23(21)22(15-27-24)19-12-28-29-13-19/h3-5,10,12-16H,6-9,11H2,1-2H3,(H,26,27)(H,28,29)(H,31,34). The number of aromatic amines is 1. The molecule has 0 fully saturated rings. The molecule has 5 rings (SSSR count). The summed E-state index contributed by atoms with van der Waals surface area (Å²) in [4.78, 5) is 19.5. The third-order valence-corrected chi connectivity index (χ3v) is 5.85. The van der Waals surface area contributed by atoms with E-state index in [-0.39, 0.29) is 5.91 Å². The highest BCUT2D eigenvalue weighted by atomic mass is 16.5. The molecule has 10 nitrogen and oxygen atoms in total. The Kier molecular flexibility index (Phi) is 6.44. The van der Waals surface area contributed by atoms with Crippen LogP contribution in [0.2, 0.25) is 0 Å². The molecule has 180 valence electrons. The second kappa shape index (κ2) is 9.98. The molecule has 10 heteroatoms. The SMILES string of the molecule is CN(C)CCn1cc(NC(=O)c2cccc(CNc3ncc(-c4cn[nH]c4)c4c3CCO4)c2)cn1. The van der Waals surface area contributed by atoms with E-state index in [4.69, 9.17) is 4.74 Å². The van der Waals surface area contributed by atoms with Crippen LogP contribution in [0.15, 0.2) is 55.2 Å². The molecule has 4 heterocycles. The van der Waals surface area contributed by atoms with Gasteiger partial charge in [-0.2, -0.15) is 10.2 Å². The fraction of sp³-hybridized carbons (Fsp3) is 0.280. The van der Waals surface area contributed by atoms with Gasteiger partial charge in [0.15, 0.2) is 0 Å². The van der Waals surface area contributed by atoms with Gasteiger partial charge in [0.1, 0.15) is 11.6 Å². The number of nitrogens with one attached hydrogen (secondary N) is 3. The van der Waals surface area contributed by atoms with Crippen LogP contribution in [0.4, 0.5) is 11.5 Å². The monoisotopic (exact) mass is 472 g/mol. The molecule has 0 unspecified atom stereocenters. The van der Waals surface area contributed by atoms with Crippen molar-refractivity contribution in [1.29, 1.82) is 0 Å². The summed E-state index contributed by atoms with van der Waals surface area (Å²) >= 11 is 0. The van der Waals surface area contributed by atoms with Gasteiger partial charge in [-0.25, -0.2) is 4.98 Å². The lowest BCUT2D eigenvalue weighted by molar-refractivity contribution is 0.102. The number of aromatic nitrogens is 5. The Bertz CT molecular complexity index is 1310. The number of likely N-dealkylation sites (N-methyl/N-ethyl adjacent to an activating group) is 1. The Morgan fingerprint density at radius 3 is 3.00 bits per heavy atom. The molecular weight excluding hydrogens is 444 g/mol. The molecule has 1 aliphatic heterocycles. The number of ether oxygens (including phenoxy) is 1. The van der Waals surface area contributed by atoms with Crippen molar-refractivity contribution in [3.05, 3.63) is 71.9 Å². The van der Waals surface area contributed by atoms with Crippen molar-refractivity contribution in [1.82, 2.24) is 29.9 Å². The van der Waals surface area contributed by atoms with Crippen molar-refractivity contribution in [3.63, 3.8) is 0 Å². The van der Waals surface area contributed by atoms with Crippen molar-refractivity contribution in [2.75, 3.05) is 37.9 Å². The molecule has 1 aliphatic rings. The molecule has 0 bridgehead atoms. The normalized spacial score (nSPS) is 12.4. The van der Waals surface area contributed by atoms with Gasteiger partial charge in [-0.3, -0.25) is 14.6 Å². The number of amides is 1. The molecule has 0 radical (unpaired) electrons. The number of benzene rings is 1. The Hall–Kier alpha value is -4.18. The first-order valence-electron chi connectivity index (χ1n) is 11.5. The number of carbonyl (C=O) groups is 1. The Morgan fingerprint density at radius 2 is 2.17 bits per heavy atom. The topological polar surface area (TPSA) is 113 Å². The van der Waals surface area contributed by atoms with Gasteiger partial charge in [0.05, 0.1) is 31.2 Å². The summed E-state index contributed by atoms with van der Waals surface area (Å²) in [5, 5.41) is 17.5. The van der Waals surface area contributed by atoms with E-state index in [9.17, 15) is 4.79 Å². The van der Waals surface area contributed by atoms with E-state index in [1.54, 1.807) is 24.7 Å². The van der Waals surface area contributed by atoms with Crippen LogP contribution in [0.3, 0.4) is 0 Å². The summed E-state index contributed by atoms with van der Waals surface area (Å²) in [7, 11) is 4.03. The molecule has 4 aromatic rings. The van der Waals surface area contributed by atoms with E-state index in [1.165, 1.54) is 0 Å². The van der Waals surface area contributed by atoms with Gasteiger partial charge < -0.3 is 20.3 Å². The van der Waals surface area contributed by atoms with Crippen molar-refractivity contribution in [2.24, 2.45) is 0 Å². The Balaban J connectivity index is 1.24. The second-order valence-corrected chi connectivity index (χ2v) is 8.72. The summed E-state index contributed by atoms with van der Waals surface area (Å²) in [6, 6.07) is 7.56. The summed E-state index contributed by atoms with van der Waals surface area (Å²) in [5.41, 5.74) is 5.18. The van der Waals surface area contributed by atoms with E-state index in [0.29, 0.717) is 24.4 Å². The third kappa shape index (κ3) is 5.17. The van der Waals surface area contributed by atoms with Gasteiger partial charge in [0.25, 0.3) is 5.91 Å². The fourth-order valence-corrected chi connectivity index (χ4v) is 4.01. The average molecular weight is 473 g/mol. The maximum Gasteiger partial charge on any atom is 0.255 e. The molecular formula is C25H28N8O2. The van der Waals surface area contributed by atoms with Crippen LogP contribution in [0, 0.1) is 0 Å². The number of anilines is 2. The first-order valence-corrected chi connectivity index (χ1v) is 11.5. The van der Waals surface area contributed by atoms with E-state index in [2.05, 4.69) is 35.8 Å². The van der Waals surface area contributed by atoms with Crippen molar-refractivity contribution in [2.45, 2.75) is 19.5 Å². The van der Waals surface area contributed by atoms with Crippen LogP contribution < -0.4 is 15.4 Å². The minimum absolute atomic E-state index is 0.170. The zero-order valence-corrected chi connectivity index (χ0v) is 19.8. The molecule has 0 spiro atoms. The smallest absolute Gasteiger partial charge is 0.255 e. The number of rotatable bonds is 9. The molecule has 3 N–H and O–H groups in total. The first kappa shape index (κ1) is 22.6. The van der Waals surface area contributed by atoms with Crippen LogP contribution >= 0.6 is 0 Å². The van der Waals surface area contributed by atoms with E-state index in [1.807, 2.05) is 49.4 Å². The van der Waals surface area contributed by atoms with Gasteiger partial charge in [-0.05, 0) is 31.8 Å². The van der Waals surface area contributed by atoms with E-state index >= 15 is 0 Å². The van der Waals surface area contributed by atoms with Crippen LogP contribution in [-0.2, 0) is 19.5 Å². The highest BCUT2D eigenvalue weighted by molar-refractivity contribution is 6.04. The Labute approximate surface area is 203 Å². The minimum atomic E-state index is -0.170. The largest absolute Gasteiger partial charge is 0.492 e. The summed E-state index contributed by atoms with van der Waals surface area (Å²) < 4.78 is 7.72. The molecule has 0 saturated carbocycles. The third-order valence-electron chi connectivity index (χ3n) is 5.85. The molecule has 3 aromatic heterocycles. The fourth-order valence-electron chi connectivity index (χ4n) is 4.01. The van der Waals surface area contributed by atoms with E-state index in [0.717, 1.165) is 53.3 Å². The minimum Gasteiger partial charge on any atom is -0.492 e. The molecule has 0 atom stereocenters. The summed E-state index contributed by atoms with van der Waals surface area (Å²) in [6.45, 7) is 2.80. The number of hydrogen-bond acceptors (Lipinski definition) is 7. The Morgan fingerprint density at radius 1 is 1.26 bits per heavy atom. The molecule has 35 heavy (non-hydrogen) atoms. The number of pyridine rings is 1. The zero-order valence-electron chi connectivity index (χ0n) is 19.8. The number of nitrogens with zero attached hydrogens (tertiary/aromatic N) is 5. The van der Waals surface area contributed by atoms with Gasteiger partial charge in [0, 0.05) is 60.4 Å².